The highest BCUT2D eigenvalue weighted by molar-refractivity contribution is 5.78. The topological polar surface area (TPSA) is 70.7 Å². The van der Waals surface area contributed by atoms with Gasteiger partial charge in [-0.2, -0.15) is 0 Å². The molecule has 2 heterocycles. The van der Waals surface area contributed by atoms with E-state index < -0.39 is 0 Å². The number of H-pyrrole nitrogens is 1. The summed E-state index contributed by atoms with van der Waals surface area (Å²) in [5.74, 6) is 1.12. The van der Waals surface area contributed by atoms with Gasteiger partial charge < -0.3 is 10.3 Å². The third kappa shape index (κ3) is 3.59. The fourth-order valence-corrected chi connectivity index (χ4v) is 2.59. The van der Waals surface area contributed by atoms with Crippen LogP contribution in [0.25, 0.3) is 10.9 Å². The Hall–Kier alpha value is -2.76. The zero-order chi connectivity index (χ0) is 17.1. The molecule has 124 valence electrons. The highest BCUT2D eigenvalue weighted by Gasteiger charge is 2.06. The number of aromatic amines is 1. The summed E-state index contributed by atoms with van der Waals surface area (Å²) in [6.07, 6.45) is 1.79. The number of benzene rings is 1. The number of rotatable bonds is 5. The Balaban J connectivity index is 1.84. The lowest BCUT2D eigenvalue weighted by atomic mass is 10.1. The Morgan fingerprint density at radius 3 is 2.83 bits per heavy atom. The molecular formula is C18H19FN4O. The van der Waals surface area contributed by atoms with Crippen LogP contribution in [0.4, 0.5) is 10.2 Å². The highest BCUT2D eigenvalue weighted by atomic mass is 19.1. The maximum Gasteiger partial charge on any atom is 0.253 e. The van der Waals surface area contributed by atoms with Gasteiger partial charge in [0.25, 0.3) is 5.56 Å². The standard InChI is InChI=1S/C18H19FN4O/c1-3-4-16-21-11(2)7-17(23-16)20-10-13-8-12-5-6-14(19)9-15(12)22-18(13)24/h5-9H,3-4,10H2,1-2H3,(H,22,24)(H,20,21,23). The highest BCUT2D eigenvalue weighted by Crippen LogP contribution is 2.14. The van der Waals surface area contributed by atoms with Crippen molar-refractivity contribution in [3.8, 4) is 0 Å². The Bertz CT molecular complexity index is 936. The Labute approximate surface area is 139 Å². The van der Waals surface area contributed by atoms with E-state index in [1.807, 2.05) is 13.0 Å². The van der Waals surface area contributed by atoms with E-state index in [-0.39, 0.29) is 11.4 Å². The van der Waals surface area contributed by atoms with Crippen LogP contribution in [0.15, 0.2) is 35.1 Å². The third-order valence-electron chi connectivity index (χ3n) is 3.72. The van der Waals surface area contributed by atoms with Crippen LogP contribution in [0, 0.1) is 12.7 Å². The van der Waals surface area contributed by atoms with Gasteiger partial charge in [0.15, 0.2) is 0 Å². The van der Waals surface area contributed by atoms with Crippen LogP contribution in [0.1, 0.15) is 30.4 Å². The van der Waals surface area contributed by atoms with Crippen LogP contribution in [-0.2, 0) is 13.0 Å². The van der Waals surface area contributed by atoms with E-state index in [9.17, 15) is 9.18 Å². The molecule has 6 heteroatoms. The van der Waals surface area contributed by atoms with Gasteiger partial charge in [-0.3, -0.25) is 4.79 Å². The quantitative estimate of drug-likeness (QED) is 0.754. The molecule has 0 aliphatic carbocycles. The van der Waals surface area contributed by atoms with Crippen molar-refractivity contribution < 1.29 is 4.39 Å². The molecule has 2 N–H and O–H groups in total. The van der Waals surface area contributed by atoms with Crippen molar-refractivity contribution in [1.82, 2.24) is 15.0 Å². The first-order valence-corrected chi connectivity index (χ1v) is 7.95. The molecule has 0 spiro atoms. The summed E-state index contributed by atoms with van der Waals surface area (Å²) in [5, 5.41) is 3.96. The second-order valence-electron chi connectivity index (χ2n) is 5.77. The van der Waals surface area contributed by atoms with E-state index in [0.717, 1.165) is 29.7 Å². The molecular weight excluding hydrogens is 307 g/mol. The first-order valence-electron chi connectivity index (χ1n) is 7.95. The maximum atomic E-state index is 13.2. The molecule has 0 aliphatic rings. The predicted octanol–water partition coefficient (Wildman–Crippen LogP) is 3.33. The third-order valence-corrected chi connectivity index (χ3v) is 3.72. The van der Waals surface area contributed by atoms with Gasteiger partial charge in [0.1, 0.15) is 17.5 Å². The van der Waals surface area contributed by atoms with Crippen LogP contribution < -0.4 is 10.9 Å². The second-order valence-corrected chi connectivity index (χ2v) is 5.77. The van der Waals surface area contributed by atoms with Crippen LogP contribution in [-0.4, -0.2) is 15.0 Å². The number of hydrogen-bond acceptors (Lipinski definition) is 4. The summed E-state index contributed by atoms with van der Waals surface area (Å²) in [6, 6.07) is 7.96. The number of nitrogens with one attached hydrogen (secondary N) is 2. The van der Waals surface area contributed by atoms with E-state index in [1.165, 1.54) is 12.1 Å². The summed E-state index contributed by atoms with van der Waals surface area (Å²) in [6.45, 7) is 4.34. The van der Waals surface area contributed by atoms with Crippen LogP contribution in [0.2, 0.25) is 0 Å². The van der Waals surface area contributed by atoms with Gasteiger partial charge in [-0.15, -0.1) is 0 Å². The predicted molar refractivity (Wildman–Crippen MR) is 92.6 cm³/mol. The molecule has 3 aromatic rings. The molecule has 0 unspecified atom stereocenters. The molecule has 1 aromatic carbocycles. The van der Waals surface area contributed by atoms with Crippen molar-refractivity contribution in [2.24, 2.45) is 0 Å². The smallest absolute Gasteiger partial charge is 0.253 e. The molecule has 0 fully saturated rings. The van der Waals surface area contributed by atoms with Crippen LogP contribution in [0.3, 0.4) is 0 Å². The van der Waals surface area contributed by atoms with Gasteiger partial charge in [-0.05, 0) is 43.0 Å². The number of anilines is 1. The average Bonchev–Trinajstić information content (AvgIpc) is 2.53. The number of nitrogens with zero attached hydrogens (tertiary/aromatic N) is 2. The molecule has 0 radical (unpaired) electrons. The van der Waals surface area contributed by atoms with Crippen molar-refractivity contribution in [3.63, 3.8) is 0 Å². The second kappa shape index (κ2) is 6.78. The first kappa shape index (κ1) is 16.1. The van der Waals surface area contributed by atoms with E-state index in [4.69, 9.17) is 0 Å². The summed E-state index contributed by atoms with van der Waals surface area (Å²) in [5.41, 5.74) is 1.72. The monoisotopic (exact) mass is 326 g/mol. The van der Waals surface area contributed by atoms with Gasteiger partial charge in [-0.1, -0.05) is 6.92 Å². The van der Waals surface area contributed by atoms with Gasteiger partial charge in [0, 0.05) is 30.3 Å². The van der Waals surface area contributed by atoms with Gasteiger partial charge >= 0.3 is 0 Å². The van der Waals surface area contributed by atoms with Crippen LogP contribution in [0.5, 0.6) is 0 Å². The molecule has 0 aliphatic heterocycles. The van der Waals surface area contributed by atoms with E-state index in [1.54, 1.807) is 12.1 Å². The van der Waals surface area contributed by atoms with Gasteiger partial charge in [0.2, 0.25) is 0 Å². The minimum Gasteiger partial charge on any atom is -0.366 e. The summed E-state index contributed by atoms with van der Waals surface area (Å²) < 4.78 is 13.2. The number of aromatic nitrogens is 3. The Morgan fingerprint density at radius 2 is 2.04 bits per heavy atom. The number of hydrogen-bond donors (Lipinski definition) is 2. The van der Waals surface area contributed by atoms with Crippen LogP contribution >= 0.6 is 0 Å². The number of aryl methyl sites for hydroxylation is 2. The minimum atomic E-state index is -0.371. The molecule has 3 rings (SSSR count). The maximum absolute atomic E-state index is 13.2. The summed E-state index contributed by atoms with van der Waals surface area (Å²) in [7, 11) is 0. The Morgan fingerprint density at radius 1 is 1.21 bits per heavy atom. The number of fused-ring (bicyclic) bond motifs is 1. The van der Waals surface area contributed by atoms with Crippen molar-refractivity contribution in [1.29, 1.82) is 0 Å². The molecule has 5 nitrogen and oxygen atoms in total. The molecule has 0 atom stereocenters. The first-order chi connectivity index (χ1) is 11.5. The zero-order valence-corrected chi connectivity index (χ0v) is 13.7. The van der Waals surface area contributed by atoms with E-state index >= 15 is 0 Å². The van der Waals surface area contributed by atoms with Gasteiger partial charge in [-0.25, -0.2) is 14.4 Å². The molecule has 0 saturated carbocycles. The largest absolute Gasteiger partial charge is 0.366 e. The zero-order valence-electron chi connectivity index (χ0n) is 13.7. The molecule has 0 amide bonds. The Kier molecular flexibility index (Phi) is 4.55. The molecule has 0 saturated heterocycles. The molecule has 24 heavy (non-hydrogen) atoms. The normalized spacial score (nSPS) is 11.0. The SMILES string of the molecule is CCCc1nc(C)cc(NCc2cc3ccc(F)cc3[nH]c2=O)n1. The van der Waals surface area contributed by atoms with Gasteiger partial charge in [0.05, 0.1) is 5.52 Å². The number of pyridine rings is 1. The van der Waals surface area contributed by atoms with Crippen molar-refractivity contribution in [2.45, 2.75) is 33.2 Å². The average molecular weight is 326 g/mol. The fraction of sp³-hybridized carbons (Fsp3) is 0.278. The lowest BCUT2D eigenvalue weighted by Gasteiger charge is -2.09. The summed E-state index contributed by atoms with van der Waals surface area (Å²) >= 11 is 0. The molecule has 0 bridgehead atoms. The summed E-state index contributed by atoms with van der Waals surface area (Å²) in [4.78, 5) is 23.7. The number of halogens is 1. The van der Waals surface area contributed by atoms with Crippen molar-refractivity contribution >= 4 is 16.7 Å². The lowest BCUT2D eigenvalue weighted by molar-refractivity contribution is 0.629. The van der Waals surface area contributed by atoms with E-state index in [2.05, 4.69) is 27.2 Å². The van der Waals surface area contributed by atoms with E-state index in [0.29, 0.717) is 23.4 Å². The minimum absolute atomic E-state index is 0.236. The molecule has 2 aromatic heterocycles. The van der Waals surface area contributed by atoms with Crippen molar-refractivity contribution in [2.75, 3.05) is 5.32 Å². The lowest BCUT2D eigenvalue weighted by Crippen LogP contribution is -2.16. The fourth-order valence-electron chi connectivity index (χ4n) is 2.59. The van der Waals surface area contributed by atoms with Crippen molar-refractivity contribution in [3.05, 3.63) is 63.6 Å².